The van der Waals surface area contributed by atoms with Crippen molar-refractivity contribution in [2.24, 2.45) is 5.73 Å². The Bertz CT molecular complexity index is 672. The van der Waals surface area contributed by atoms with Gasteiger partial charge in [-0.1, -0.05) is 12.1 Å². The average molecular weight is 394 g/mol. The van der Waals surface area contributed by atoms with Crippen molar-refractivity contribution < 1.29 is 30.9 Å². The van der Waals surface area contributed by atoms with E-state index in [1.165, 1.54) is 5.56 Å². The number of benzene rings is 1. The summed E-state index contributed by atoms with van der Waals surface area (Å²) in [7, 11) is 0.430. The first-order chi connectivity index (χ1) is 11.4. The van der Waals surface area contributed by atoms with Crippen molar-refractivity contribution in [1.82, 2.24) is 0 Å². The maximum absolute atomic E-state index is 11.5. The topological polar surface area (TPSA) is 110 Å². The van der Waals surface area contributed by atoms with Crippen LogP contribution >= 0.6 is 11.8 Å². The monoisotopic (exact) mass is 394 g/mol. The fourth-order valence-electron chi connectivity index (χ4n) is 2.78. The van der Waals surface area contributed by atoms with Crippen LogP contribution in [0.2, 0.25) is 0 Å². The number of nitrogens with two attached hydrogens (primary N) is 1. The van der Waals surface area contributed by atoms with E-state index in [0.29, 0.717) is 9.73 Å². The molecule has 0 radical (unpaired) electrons. The van der Waals surface area contributed by atoms with E-state index in [4.69, 9.17) is 23.4 Å². The minimum absolute atomic E-state index is 0.0524. The summed E-state index contributed by atoms with van der Waals surface area (Å²) in [5.74, 6) is 1.66. The number of methoxy groups -OCH3 is 1. The van der Waals surface area contributed by atoms with Gasteiger partial charge in [0.2, 0.25) is 0 Å². The molecule has 1 aliphatic heterocycles. The first-order valence-electron chi connectivity index (χ1n) is 7.44. The van der Waals surface area contributed by atoms with Crippen LogP contribution in [0.1, 0.15) is 12.0 Å². The summed E-state index contributed by atoms with van der Waals surface area (Å²) < 4.78 is 41.2. The molecule has 2 atom stereocenters. The summed E-state index contributed by atoms with van der Waals surface area (Å²) >= 11 is 1.91. The number of ether oxygens (including phenoxy) is 1. The van der Waals surface area contributed by atoms with E-state index < -0.39 is 10.5 Å². The van der Waals surface area contributed by atoms with Crippen molar-refractivity contribution in [3.05, 3.63) is 29.8 Å². The Hall–Kier alpha value is -1.36. The van der Waals surface area contributed by atoms with Crippen molar-refractivity contribution in [3.8, 4) is 5.75 Å². The highest BCUT2D eigenvalue weighted by Crippen LogP contribution is 2.32. The zero-order valence-electron chi connectivity index (χ0n) is 14.3. The molecule has 2 N–H and O–H groups in total. The van der Waals surface area contributed by atoms with Gasteiger partial charge in [0.25, 0.3) is 16.4 Å². The SMILES string of the molecule is COc1ccc(CS[C@H]2C[C@@H](C(N)=O)[N+](C)(C)C2)cc1.O=S(=O)([O-])F. The lowest BCUT2D eigenvalue weighted by atomic mass is 10.2. The van der Waals surface area contributed by atoms with Crippen LogP contribution in [0.5, 0.6) is 5.75 Å². The fraction of sp³-hybridized carbons (Fsp3) is 0.533. The molecule has 1 aromatic carbocycles. The molecule has 0 aromatic heterocycles. The van der Waals surface area contributed by atoms with Crippen LogP contribution in [0.25, 0.3) is 0 Å². The molecule has 0 spiro atoms. The number of amides is 1. The molecular weight excluding hydrogens is 371 g/mol. The van der Waals surface area contributed by atoms with E-state index in [2.05, 4.69) is 26.2 Å². The van der Waals surface area contributed by atoms with Gasteiger partial charge in [-0.2, -0.15) is 0 Å². The smallest absolute Gasteiger partial charge is 0.275 e. The van der Waals surface area contributed by atoms with Crippen LogP contribution in [0.4, 0.5) is 3.89 Å². The molecule has 2 rings (SSSR count). The summed E-state index contributed by atoms with van der Waals surface area (Å²) in [5.41, 5.74) is 6.78. The predicted molar refractivity (Wildman–Crippen MR) is 93.5 cm³/mol. The molecule has 0 aliphatic carbocycles. The lowest BCUT2D eigenvalue weighted by Crippen LogP contribution is -2.50. The minimum Gasteiger partial charge on any atom is -0.722 e. The van der Waals surface area contributed by atoms with Gasteiger partial charge >= 0.3 is 0 Å². The Morgan fingerprint density at radius 2 is 1.92 bits per heavy atom. The van der Waals surface area contributed by atoms with Crippen LogP contribution in [-0.4, -0.2) is 62.4 Å². The van der Waals surface area contributed by atoms with Gasteiger partial charge in [-0.15, -0.1) is 15.6 Å². The summed E-state index contributed by atoms with van der Waals surface area (Å²) in [6.07, 6.45) is 0.878. The molecule has 0 saturated carbocycles. The molecule has 1 aliphatic rings. The van der Waals surface area contributed by atoms with Crippen molar-refractivity contribution in [2.75, 3.05) is 27.7 Å². The fourth-order valence-corrected chi connectivity index (χ4v) is 4.21. The number of rotatable bonds is 5. The van der Waals surface area contributed by atoms with E-state index >= 15 is 0 Å². The molecule has 1 heterocycles. The Balaban J connectivity index is 0.000000550. The molecule has 10 heteroatoms. The van der Waals surface area contributed by atoms with E-state index in [1.54, 1.807) is 7.11 Å². The molecule has 0 bridgehead atoms. The molecule has 25 heavy (non-hydrogen) atoms. The number of primary amides is 1. The Morgan fingerprint density at radius 1 is 1.40 bits per heavy atom. The van der Waals surface area contributed by atoms with Crippen LogP contribution in [0.15, 0.2) is 24.3 Å². The van der Waals surface area contributed by atoms with E-state index in [1.807, 2.05) is 23.9 Å². The standard InChI is InChI=1S/C15H22N2O2S.FHO3S/c1-17(2)9-13(8-14(17)15(16)18)20-10-11-4-6-12(19-3)7-5-11;1-5(2,3)4/h4-7,13-14H,8-10H2,1-3H3,(H-,16,18);(H,2,3,4)/t13-,14-;/m0./s1. The Kier molecular flexibility index (Phi) is 7.66. The van der Waals surface area contributed by atoms with E-state index in [9.17, 15) is 8.68 Å². The summed E-state index contributed by atoms with van der Waals surface area (Å²) in [4.78, 5) is 11.5. The Morgan fingerprint density at radius 3 is 2.32 bits per heavy atom. The van der Waals surface area contributed by atoms with Gasteiger partial charge in [0, 0.05) is 12.2 Å². The van der Waals surface area contributed by atoms with Gasteiger partial charge in [-0.25, -0.2) is 8.42 Å². The van der Waals surface area contributed by atoms with Gasteiger partial charge in [0.05, 0.1) is 33.0 Å². The van der Waals surface area contributed by atoms with Crippen molar-refractivity contribution >= 4 is 28.2 Å². The summed E-state index contributed by atoms with van der Waals surface area (Å²) in [6, 6.07) is 8.09. The van der Waals surface area contributed by atoms with Crippen LogP contribution < -0.4 is 10.5 Å². The normalized spacial score (nSPS) is 22.0. The van der Waals surface area contributed by atoms with Crippen molar-refractivity contribution in [1.29, 1.82) is 0 Å². The number of likely N-dealkylation sites (tertiary alicyclic amines) is 1. The van der Waals surface area contributed by atoms with Gasteiger partial charge in [0.15, 0.2) is 6.04 Å². The number of halogens is 1. The molecule has 1 saturated heterocycles. The number of thioether (sulfide) groups is 1. The minimum atomic E-state index is -5.42. The number of quaternary nitrogens is 1. The second-order valence-electron chi connectivity index (χ2n) is 6.29. The maximum Gasteiger partial charge on any atom is 0.275 e. The number of carbonyl (C=O) groups excluding carboxylic acids is 1. The molecule has 0 unspecified atom stereocenters. The highest BCUT2D eigenvalue weighted by atomic mass is 32.3. The first-order valence-corrected chi connectivity index (χ1v) is 9.80. The van der Waals surface area contributed by atoms with Gasteiger partial charge < -0.3 is 19.5 Å². The second-order valence-corrected chi connectivity index (χ2v) is 8.36. The average Bonchev–Trinajstić information content (AvgIpc) is 2.79. The van der Waals surface area contributed by atoms with Crippen molar-refractivity contribution in [2.45, 2.75) is 23.5 Å². The quantitative estimate of drug-likeness (QED) is 0.454. The van der Waals surface area contributed by atoms with E-state index in [0.717, 1.165) is 24.5 Å². The number of nitrogens with zero attached hydrogens (tertiary/aromatic N) is 1. The molecule has 7 nitrogen and oxygen atoms in total. The third kappa shape index (κ3) is 8.04. The third-order valence-electron chi connectivity index (χ3n) is 3.98. The second kappa shape index (κ2) is 8.84. The van der Waals surface area contributed by atoms with Crippen LogP contribution in [0.3, 0.4) is 0 Å². The largest absolute Gasteiger partial charge is 0.722 e. The highest BCUT2D eigenvalue weighted by Gasteiger charge is 2.44. The number of likely N-dealkylation sites (N-methyl/N-ethyl adjacent to an activating group) is 1. The zero-order valence-corrected chi connectivity index (χ0v) is 16.0. The summed E-state index contributed by atoms with van der Waals surface area (Å²) in [6.45, 7) is 0.994. The number of hydrogen-bond donors (Lipinski definition) is 1. The molecule has 1 amide bonds. The maximum atomic E-state index is 11.5. The lowest BCUT2D eigenvalue weighted by molar-refractivity contribution is -0.892. The van der Waals surface area contributed by atoms with Gasteiger partial charge in [-0.05, 0) is 17.7 Å². The molecule has 142 valence electrons. The van der Waals surface area contributed by atoms with Crippen molar-refractivity contribution in [3.63, 3.8) is 0 Å². The number of hydrogen-bond acceptors (Lipinski definition) is 6. The zero-order chi connectivity index (χ0) is 19.3. The van der Waals surface area contributed by atoms with Crippen LogP contribution in [-0.2, 0) is 21.1 Å². The van der Waals surface area contributed by atoms with Gasteiger partial charge in [0.1, 0.15) is 5.75 Å². The molecule has 1 fully saturated rings. The van der Waals surface area contributed by atoms with E-state index in [-0.39, 0.29) is 11.9 Å². The lowest BCUT2D eigenvalue weighted by Gasteiger charge is -2.29. The van der Waals surface area contributed by atoms with Gasteiger partial charge in [-0.3, -0.25) is 4.79 Å². The molecule has 1 aromatic rings. The summed E-state index contributed by atoms with van der Waals surface area (Å²) in [5, 5.41) is 0.490. The molecular formula is C15H23FN2O5S2. The predicted octanol–water partition coefficient (Wildman–Crippen LogP) is 1.05. The van der Waals surface area contributed by atoms with Crippen LogP contribution in [0, 0.1) is 0 Å². The Labute approximate surface area is 152 Å². The third-order valence-corrected chi connectivity index (χ3v) is 5.29. The first kappa shape index (κ1) is 21.7. The number of carbonyl (C=O) groups is 1. The highest BCUT2D eigenvalue weighted by molar-refractivity contribution is 7.99.